The maximum absolute atomic E-state index is 13.4. The number of hydrogen-bond donors (Lipinski definition) is 2. The van der Waals surface area contributed by atoms with Gasteiger partial charge in [-0.15, -0.1) is 0 Å². The fourth-order valence-corrected chi connectivity index (χ4v) is 4.45. The van der Waals surface area contributed by atoms with Crippen LogP contribution in [0.2, 0.25) is 10.0 Å². The van der Waals surface area contributed by atoms with E-state index in [0.717, 1.165) is 22.5 Å². The van der Waals surface area contributed by atoms with E-state index < -0.39 is 6.03 Å². The first-order chi connectivity index (χ1) is 18.8. The highest BCUT2D eigenvalue weighted by atomic mass is 35.5. The molecule has 0 aliphatic carbocycles. The molecule has 1 heterocycles. The van der Waals surface area contributed by atoms with Crippen molar-refractivity contribution in [1.29, 1.82) is 0 Å². The molecule has 2 N–H and O–H groups in total. The molecule has 1 aromatic heterocycles. The van der Waals surface area contributed by atoms with Crippen LogP contribution in [0.4, 0.5) is 16.3 Å². The Hall–Kier alpha value is -4.01. The number of aromatic nitrogens is 2. The van der Waals surface area contributed by atoms with Gasteiger partial charge in [0, 0.05) is 17.8 Å². The third kappa shape index (κ3) is 6.71. The minimum atomic E-state index is -0.423. The van der Waals surface area contributed by atoms with Gasteiger partial charge >= 0.3 is 6.03 Å². The van der Waals surface area contributed by atoms with Crippen LogP contribution in [0.5, 0.6) is 5.75 Å². The highest BCUT2D eigenvalue weighted by Crippen LogP contribution is 2.34. The number of nitrogens with zero attached hydrogens (tertiary/aromatic N) is 3. The van der Waals surface area contributed by atoms with Gasteiger partial charge in [-0.3, -0.25) is 4.79 Å². The number of carbonyl (C=O) groups is 2. The van der Waals surface area contributed by atoms with E-state index in [1.54, 1.807) is 30.0 Å². The summed E-state index contributed by atoms with van der Waals surface area (Å²) in [5.74, 6) is 0.856. The smallest absolute Gasteiger partial charge is 0.322 e. The lowest BCUT2D eigenvalue weighted by molar-refractivity contribution is -0.116. The molecule has 0 radical (unpaired) electrons. The zero-order valence-electron chi connectivity index (χ0n) is 21.9. The van der Waals surface area contributed by atoms with Crippen molar-refractivity contribution >= 4 is 46.6 Å². The summed E-state index contributed by atoms with van der Waals surface area (Å²) in [5, 5.41) is 11.3. The topological polar surface area (TPSA) is 88.5 Å². The monoisotopic (exact) mass is 565 g/mol. The number of carbonyl (C=O) groups excluding carboxylic acids is 2. The lowest BCUT2D eigenvalue weighted by Crippen LogP contribution is -2.41. The predicted octanol–water partition coefficient (Wildman–Crippen LogP) is 7.05. The number of anilines is 2. The number of aryl methyl sites for hydroxylation is 1. The fraction of sp³-hybridized carbons (Fsp3) is 0.207. The largest absolute Gasteiger partial charge is 0.497 e. The van der Waals surface area contributed by atoms with Gasteiger partial charge in [0.15, 0.2) is 0 Å². The Labute approximate surface area is 237 Å². The van der Waals surface area contributed by atoms with E-state index in [0.29, 0.717) is 40.3 Å². The second-order valence-corrected chi connectivity index (χ2v) is 9.63. The molecule has 0 aliphatic rings. The highest BCUT2D eigenvalue weighted by Gasteiger charge is 2.23. The standard InChI is InChI=1S/C29H29Cl2N5O3/c1-4-16-35(29(38)32-21-10-15-24(30)25(31)17-21)18-26(37)33-28-27(20-8-6-5-7-9-20)19(2)34-36(28)22-11-13-23(39-3)14-12-22/h5-15,17H,4,16,18H2,1-3H3,(H,32,38)(H,33,37). The maximum Gasteiger partial charge on any atom is 0.322 e. The number of nitrogens with one attached hydrogen (secondary N) is 2. The Morgan fingerprint density at radius 3 is 2.33 bits per heavy atom. The number of benzene rings is 3. The third-order valence-corrected chi connectivity index (χ3v) is 6.72. The summed E-state index contributed by atoms with van der Waals surface area (Å²) in [4.78, 5) is 27.9. The van der Waals surface area contributed by atoms with Crippen molar-refractivity contribution in [2.45, 2.75) is 20.3 Å². The van der Waals surface area contributed by atoms with Gasteiger partial charge in [-0.2, -0.15) is 5.10 Å². The van der Waals surface area contributed by atoms with E-state index in [1.165, 1.54) is 4.90 Å². The summed E-state index contributed by atoms with van der Waals surface area (Å²) in [7, 11) is 1.60. The normalized spacial score (nSPS) is 10.7. The van der Waals surface area contributed by atoms with Gasteiger partial charge in [0.1, 0.15) is 18.1 Å². The van der Waals surface area contributed by atoms with Gasteiger partial charge in [0.25, 0.3) is 0 Å². The molecule has 0 saturated carbocycles. The Bertz CT molecular complexity index is 1460. The third-order valence-electron chi connectivity index (χ3n) is 5.98. The van der Waals surface area contributed by atoms with Crippen LogP contribution in [-0.2, 0) is 4.79 Å². The molecular formula is C29H29Cl2N5O3. The molecule has 0 saturated heterocycles. The van der Waals surface area contributed by atoms with Gasteiger partial charge in [0.2, 0.25) is 5.91 Å². The van der Waals surface area contributed by atoms with Crippen molar-refractivity contribution in [2.75, 3.05) is 30.8 Å². The molecule has 4 rings (SSSR count). The molecule has 0 fully saturated rings. The van der Waals surface area contributed by atoms with Crippen LogP contribution in [-0.4, -0.2) is 46.8 Å². The number of urea groups is 1. The van der Waals surface area contributed by atoms with Crippen molar-refractivity contribution in [3.63, 3.8) is 0 Å². The highest BCUT2D eigenvalue weighted by molar-refractivity contribution is 6.42. The number of methoxy groups -OCH3 is 1. The zero-order chi connectivity index (χ0) is 27.9. The molecule has 8 nitrogen and oxygen atoms in total. The summed E-state index contributed by atoms with van der Waals surface area (Å²) in [6.07, 6.45) is 0.667. The maximum atomic E-state index is 13.4. The van der Waals surface area contributed by atoms with E-state index in [1.807, 2.05) is 68.4 Å². The zero-order valence-corrected chi connectivity index (χ0v) is 23.4. The fourth-order valence-electron chi connectivity index (χ4n) is 4.15. The van der Waals surface area contributed by atoms with E-state index in [2.05, 4.69) is 10.6 Å². The molecule has 4 aromatic rings. The van der Waals surface area contributed by atoms with Gasteiger partial charge in [0.05, 0.1) is 28.5 Å². The van der Waals surface area contributed by atoms with Gasteiger partial charge < -0.3 is 20.3 Å². The number of amides is 3. The molecule has 10 heteroatoms. The molecule has 3 amide bonds. The Morgan fingerprint density at radius 1 is 0.974 bits per heavy atom. The van der Waals surface area contributed by atoms with Crippen LogP contribution in [0.25, 0.3) is 16.8 Å². The summed E-state index contributed by atoms with van der Waals surface area (Å²) in [6, 6.07) is 21.5. The van der Waals surface area contributed by atoms with Gasteiger partial charge in [-0.05, 0) is 61.4 Å². The lowest BCUT2D eigenvalue weighted by atomic mass is 10.1. The first-order valence-electron chi connectivity index (χ1n) is 12.4. The predicted molar refractivity (Wildman–Crippen MR) is 156 cm³/mol. The second kappa shape index (κ2) is 12.7. The minimum Gasteiger partial charge on any atom is -0.497 e. The van der Waals surface area contributed by atoms with Gasteiger partial charge in [-0.1, -0.05) is 60.5 Å². The number of ether oxygens (including phenoxy) is 1. The molecular weight excluding hydrogens is 537 g/mol. The van der Waals surface area contributed by atoms with E-state index in [9.17, 15) is 9.59 Å². The molecule has 3 aromatic carbocycles. The lowest BCUT2D eigenvalue weighted by Gasteiger charge is -2.22. The van der Waals surface area contributed by atoms with E-state index in [4.69, 9.17) is 33.0 Å². The molecule has 202 valence electrons. The van der Waals surface area contributed by atoms with E-state index >= 15 is 0 Å². The number of hydrogen-bond acceptors (Lipinski definition) is 4. The van der Waals surface area contributed by atoms with Crippen molar-refractivity contribution in [3.8, 4) is 22.6 Å². The second-order valence-electron chi connectivity index (χ2n) is 8.81. The summed E-state index contributed by atoms with van der Waals surface area (Å²) in [5.41, 5.74) is 3.68. The van der Waals surface area contributed by atoms with Crippen LogP contribution in [0.15, 0.2) is 72.8 Å². The molecule has 0 unspecified atom stereocenters. The minimum absolute atomic E-state index is 0.165. The first-order valence-corrected chi connectivity index (χ1v) is 13.2. The molecule has 0 spiro atoms. The molecule has 39 heavy (non-hydrogen) atoms. The quantitative estimate of drug-likeness (QED) is 0.227. The van der Waals surface area contributed by atoms with Crippen LogP contribution < -0.4 is 15.4 Å². The summed E-state index contributed by atoms with van der Waals surface area (Å²) in [6.45, 7) is 4.05. The van der Waals surface area contributed by atoms with Crippen molar-refractivity contribution in [1.82, 2.24) is 14.7 Å². The van der Waals surface area contributed by atoms with Gasteiger partial charge in [-0.25, -0.2) is 9.48 Å². The van der Waals surface area contributed by atoms with Crippen LogP contribution >= 0.6 is 23.2 Å². The average Bonchev–Trinajstić information content (AvgIpc) is 3.26. The van der Waals surface area contributed by atoms with Crippen molar-refractivity contribution in [3.05, 3.63) is 88.5 Å². The van der Waals surface area contributed by atoms with Crippen molar-refractivity contribution < 1.29 is 14.3 Å². The molecule has 0 bridgehead atoms. The number of halogens is 2. The molecule has 0 atom stereocenters. The first kappa shape index (κ1) is 28.0. The Balaban J connectivity index is 1.62. The average molecular weight is 566 g/mol. The molecule has 0 aliphatic heterocycles. The summed E-state index contributed by atoms with van der Waals surface area (Å²) >= 11 is 12.1. The summed E-state index contributed by atoms with van der Waals surface area (Å²) < 4.78 is 6.97. The Kier molecular flexibility index (Phi) is 9.11. The van der Waals surface area contributed by atoms with E-state index in [-0.39, 0.29) is 12.5 Å². The number of rotatable bonds is 9. The van der Waals surface area contributed by atoms with Crippen molar-refractivity contribution in [2.24, 2.45) is 0 Å². The SMILES string of the molecule is CCCN(CC(=O)Nc1c(-c2ccccc2)c(C)nn1-c1ccc(OC)cc1)C(=O)Nc1ccc(Cl)c(Cl)c1. The van der Waals surface area contributed by atoms with Crippen LogP contribution in [0.3, 0.4) is 0 Å². The Morgan fingerprint density at radius 2 is 1.69 bits per heavy atom. The van der Waals surface area contributed by atoms with Crippen LogP contribution in [0, 0.1) is 6.92 Å². The van der Waals surface area contributed by atoms with Crippen LogP contribution in [0.1, 0.15) is 19.0 Å².